The molecule has 0 aliphatic rings. The van der Waals surface area contributed by atoms with Crippen molar-refractivity contribution in [2.24, 2.45) is 0 Å². The van der Waals surface area contributed by atoms with E-state index >= 15 is 0 Å². The Kier molecular flexibility index (Phi) is 5.99. The molecule has 1 aromatic carbocycles. The lowest BCUT2D eigenvalue weighted by Crippen LogP contribution is -2.18. The van der Waals surface area contributed by atoms with Crippen LogP contribution >= 0.6 is 0 Å². The summed E-state index contributed by atoms with van der Waals surface area (Å²) in [6.45, 7) is 7.69. The minimum atomic E-state index is -0.636. The van der Waals surface area contributed by atoms with Crippen molar-refractivity contribution >= 4 is 5.97 Å². The molecular formula is C16H23FO3. The number of halogens is 1. The molecule has 1 atom stereocenters. The van der Waals surface area contributed by atoms with Gasteiger partial charge in [-0.1, -0.05) is 26.8 Å². The molecule has 3 nitrogen and oxygen atoms in total. The summed E-state index contributed by atoms with van der Waals surface area (Å²) in [5.74, 6) is -0.970. The van der Waals surface area contributed by atoms with Gasteiger partial charge in [0.2, 0.25) is 0 Å². The van der Waals surface area contributed by atoms with E-state index in [0.717, 1.165) is 0 Å². The molecule has 0 aliphatic carbocycles. The lowest BCUT2D eigenvalue weighted by molar-refractivity contribution is -0.145. The average Bonchev–Trinajstić information content (AvgIpc) is 2.41. The molecule has 0 bridgehead atoms. The van der Waals surface area contributed by atoms with Crippen molar-refractivity contribution in [2.45, 2.75) is 46.0 Å². The van der Waals surface area contributed by atoms with Crippen LogP contribution < -0.4 is 4.74 Å². The fraction of sp³-hybridized carbons (Fsp3) is 0.562. The van der Waals surface area contributed by atoms with Crippen molar-refractivity contribution in [1.82, 2.24) is 0 Å². The fourth-order valence-electron chi connectivity index (χ4n) is 2.27. The Labute approximate surface area is 120 Å². The number of rotatable bonds is 6. The van der Waals surface area contributed by atoms with E-state index in [-0.39, 0.29) is 18.3 Å². The Morgan fingerprint density at radius 2 is 1.95 bits per heavy atom. The molecule has 0 fully saturated rings. The van der Waals surface area contributed by atoms with Gasteiger partial charge in [0.05, 0.1) is 19.6 Å². The summed E-state index contributed by atoms with van der Waals surface area (Å²) in [5, 5.41) is 0. The Morgan fingerprint density at radius 3 is 2.40 bits per heavy atom. The zero-order valence-corrected chi connectivity index (χ0v) is 12.8. The number of methoxy groups -OCH3 is 1. The van der Waals surface area contributed by atoms with E-state index in [1.165, 1.54) is 7.11 Å². The molecule has 0 amide bonds. The molecular weight excluding hydrogens is 259 g/mol. The summed E-state index contributed by atoms with van der Waals surface area (Å²) < 4.78 is 25.0. The predicted molar refractivity (Wildman–Crippen MR) is 76.7 cm³/mol. The standard InChI is InChI=1S/C16H23FO3/c1-6-11(16(18)20-7-2)14-13(19-5)9-8-12(10(3)4)15(14)17/h8-11H,6-7H2,1-5H3. The summed E-state index contributed by atoms with van der Waals surface area (Å²) in [6, 6.07) is 3.43. The molecule has 0 aliphatic heterocycles. The van der Waals surface area contributed by atoms with Crippen LogP contribution in [-0.4, -0.2) is 19.7 Å². The first-order valence-corrected chi connectivity index (χ1v) is 7.00. The zero-order valence-electron chi connectivity index (χ0n) is 12.8. The quantitative estimate of drug-likeness (QED) is 0.739. The molecule has 4 heteroatoms. The van der Waals surface area contributed by atoms with Gasteiger partial charge in [0.25, 0.3) is 0 Å². The predicted octanol–water partition coefficient (Wildman–Crippen LogP) is 4.01. The van der Waals surface area contributed by atoms with Gasteiger partial charge in [-0.3, -0.25) is 4.79 Å². The van der Waals surface area contributed by atoms with Crippen LogP contribution in [0.4, 0.5) is 4.39 Å². The molecule has 0 spiro atoms. The number of hydrogen-bond acceptors (Lipinski definition) is 3. The largest absolute Gasteiger partial charge is 0.496 e. The Balaban J connectivity index is 3.38. The number of benzene rings is 1. The van der Waals surface area contributed by atoms with Crippen LogP contribution in [0.1, 0.15) is 57.1 Å². The second-order valence-corrected chi connectivity index (χ2v) is 4.95. The smallest absolute Gasteiger partial charge is 0.313 e. The van der Waals surface area contributed by atoms with Crippen LogP contribution in [0.3, 0.4) is 0 Å². The van der Waals surface area contributed by atoms with Crippen LogP contribution in [0.25, 0.3) is 0 Å². The maximum absolute atomic E-state index is 14.7. The maximum Gasteiger partial charge on any atom is 0.313 e. The van der Waals surface area contributed by atoms with Gasteiger partial charge in [-0.25, -0.2) is 4.39 Å². The lowest BCUT2D eigenvalue weighted by Gasteiger charge is -2.20. The first-order valence-electron chi connectivity index (χ1n) is 7.00. The monoisotopic (exact) mass is 282 g/mol. The topological polar surface area (TPSA) is 35.5 Å². The minimum absolute atomic E-state index is 0.0411. The summed E-state index contributed by atoms with van der Waals surface area (Å²) in [7, 11) is 1.48. The van der Waals surface area contributed by atoms with Crippen LogP contribution in [0.5, 0.6) is 5.75 Å². The molecule has 1 unspecified atom stereocenters. The number of carbonyl (C=O) groups excluding carboxylic acids is 1. The second-order valence-electron chi connectivity index (χ2n) is 4.95. The minimum Gasteiger partial charge on any atom is -0.496 e. The number of hydrogen-bond donors (Lipinski definition) is 0. The van der Waals surface area contributed by atoms with Crippen molar-refractivity contribution in [3.63, 3.8) is 0 Å². The van der Waals surface area contributed by atoms with Crippen LogP contribution in [0.15, 0.2) is 12.1 Å². The molecule has 0 N–H and O–H groups in total. The second kappa shape index (κ2) is 7.27. The van der Waals surface area contributed by atoms with E-state index in [1.54, 1.807) is 19.1 Å². The third-order valence-corrected chi connectivity index (χ3v) is 3.34. The first-order chi connectivity index (χ1) is 9.47. The molecule has 0 saturated carbocycles. The normalized spacial score (nSPS) is 12.3. The third-order valence-electron chi connectivity index (χ3n) is 3.34. The molecule has 20 heavy (non-hydrogen) atoms. The average molecular weight is 282 g/mol. The van der Waals surface area contributed by atoms with Crippen molar-refractivity contribution in [3.05, 3.63) is 29.1 Å². The van der Waals surface area contributed by atoms with Gasteiger partial charge < -0.3 is 9.47 Å². The van der Waals surface area contributed by atoms with E-state index in [9.17, 15) is 9.18 Å². The number of carbonyl (C=O) groups is 1. The van der Waals surface area contributed by atoms with E-state index < -0.39 is 11.9 Å². The third kappa shape index (κ3) is 3.30. The van der Waals surface area contributed by atoms with E-state index in [0.29, 0.717) is 23.3 Å². The van der Waals surface area contributed by atoms with Crippen LogP contribution in [0, 0.1) is 5.82 Å². The van der Waals surface area contributed by atoms with Gasteiger partial charge in [-0.2, -0.15) is 0 Å². The van der Waals surface area contributed by atoms with Crippen LogP contribution in [-0.2, 0) is 9.53 Å². The highest BCUT2D eigenvalue weighted by Gasteiger charge is 2.28. The summed E-state index contributed by atoms with van der Waals surface area (Å²) >= 11 is 0. The molecule has 0 aromatic heterocycles. The van der Waals surface area contributed by atoms with Gasteiger partial charge in [-0.15, -0.1) is 0 Å². The summed E-state index contributed by atoms with van der Waals surface area (Å²) in [5.41, 5.74) is 0.892. The highest BCUT2D eigenvalue weighted by Crippen LogP contribution is 2.36. The Hall–Kier alpha value is -1.58. The molecule has 1 aromatic rings. The van der Waals surface area contributed by atoms with Crippen molar-refractivity contribution < 1.29 is 18.7 Å². The molecule has 0 saturated heterocycles. The van der Waals surface area contributed by atoms with E-state index in [4.69, 9.17) is 9.47 Å². The number of ether oxygens (including phenoxy) is 2. The van der Waals surface area contributed by atoms with Crippen molar-refractivity contribution in [2.75, 3.05) is 13.7 Å². The summed E-state index contributed by atoms with van der Waals surface area (Å²) in [4.78, 5) is 12.0. The van der Waals surface area contributed by atoms with E-state index in [1.807, 2.05) is 20.8 Å². The Morgan fingerprint density at radius 1 is 1.30 bits per heavy atom. The molecule has 1 rings (SSSR count). The maximum atomic E-state index is 14.7. The number of esters is 1. The lowest BCUT2D eigenvalue weighted by atomic mass is 9.90. The fourth-order valence-corrected chi connectivity index (χ4v) is 2.27. The molecule has 112 valence electrons. The van der Waals surface area contributed by atoms with Gasteiger partial charge in [-0.05, 0) is 30.9 Å². The SMILES string of the molecule is CCOC(=O)C(CC)c1c(OC)ccc(C(C)C)c1F. The first kappa shape index (κ1) is 16.5. The Bertz CT molecular complexity index is 469. The van der Waals surface area contributed by atoms with Crippen molar-refractivity contribution in [1.29, 1.82) is 0 Å². The zero-order chi connectivity index (χ0) is 15.3. The summed E-state index contributed by atoms with van der Waals surface area (Å²) in [6.07, 6.45) is 0.466. The van der Waals surface area contributed by atoms with E-state index in [2.05, 4.69) is 0 Å². The van der Waals surface area contributed by atoms with Gasteiger partial charge in [0, 0.05) is 5.56 Å². The molecule has 0 heterocycles. The van der Waals surface area contributed by atoms with Gasteiger partial charge >= 0.3 is 5.97 Å². The van der Waals surface area contributed by atoms with Gasteiger partial charge in [0.15, 0.2) is 0 Å². The highest BCUT2D eigenvalue weighted by molar-refractivity contribution is 5.79. The van der Waals surface area contributed by atoms with Gasteiger partial charge in [0.1, 0.15) is 11.6 Å². The van der Waals surface area contributed by atoms with Crippen LogP contribution in [0.2, 0.25) is 0 Å². The highest BCUT2D eigenvalue weighted by atomic mass is 19.1. The molecule has 0 radical (unpaired) electrons. The van der Waals surface area contributed by atoms with Crippen molar-refractivity contribution in [3.8, 4) is 5.75 Å².